The molecule has 1 N–H and O–H groups in total. The van der Waals surface area contributed by atoms with Crippen molar-refractivity contribution in [3.63, 3.8) is 0 Å². The molecule has 1 aromatic rings. The topological polar surface area (TPSA) is 54.5 Å². The summed E-state index contributed by atoms with van der Waals surface area (Å²) in [6.45, 7) is 7.62. The van der Waals surface area contributed by atoms with Crippen LogP contribution in [0.1, 0.15) is 25.8 Å². The number of nitrogens with one attached hydrogen (secondary N) is 1. The highest BCUT2D eigenvalue weighted by Crippen LogP contribution is 2.13. The highest BCUT2D eigenvalue weighted by Gasteiger charge is 2.12. The summed E-state index contributed by atoms with van der Waals surface area (Å²) in [5.74, 6) is 0.949. The molecule has 0 radical (unpaired) electrons. The highest BCUT2D eigenvalue weighted by molar-refractivity contribution is 5.92. The monoisotopic (exact) mass is 289 g/mol. The molecule has 0 unspecified atom stereocenters. The molecule has 1 fully saturated rings. The minimum Gasteiger partial charge on any atom is -0.378 e. The largest absolute Gasteiger partial charge is 0.378 e. The van der Waals surface area contributed by atoms with E-state index < -0.39 is 0 Å². The van der Waals surface area contributed by atoms with Gasteiger partial charge in [-0.2, -0.15) is 0 Å². The summed E-state index contributed by atoms with van der Waals surface area (Å²) >= 11 is 0. The molecule has 0 aromatic carbocycles. The van der Waals surface area contributed by atoms with Gasteiger partial charge in [0.05, 0.1) is 13.2 Å². The van der Waals surface area contributed by atoms with Crippen molar-refractivity contribution in [3.05, 3.63) is 35.5 Å². The second-order valence-corrected chi connectivity index (χ2v) is 5.10. The Labute approximate surface area is 126 Å². The maximum absolute atomic E-state index is 11.8. The van der Waals surface area contributed by atoms with Gasteiger partial charge in [0, 0.05) is 31.4 Å². The first-order valence-corrected chi connectivity index (χ1v) is 7.43. The maximum Gasteiger partial charge on any atom is 0.246 e. The molecular weight excluding hydrogens is 266 g/mol. The Kier molecular flexibility index (Phi) is 5.75. The van der Waals surface area contributed by atoms with E-state index in [2.05, 4.69) is 15.2 Å². The normalized spacial score (nSPS) is 15.9. The van der Waals surface area contributed by atoms with Gasteiger partial charge in [0.1, 0.15) is 5.82 Å². The summed E-state index contributed by atoms with van der Waals surface area (Å²) in [6, 6.07) is 4.01. The number of morpholine rings is 1. The number of amides is 1. The molecule has 0 spiro atoms. The first kappa shape index (κ1) is 15.5. The summed E-state index contributed by atoms with van der Waals surface area (Å²) in [6.07, 6.45) is 4.62. The van der Waals surface area contributed by atoms with Crippen LogP contribution in [0.3, 0.4) is 0 Å². The zero-order valence-electron chi connectivity index (χ0n) is 12.8. The van der Waals surface area contributed by atoms with Crippen molar-refractivity contribution in [2.45, 2.75) is 26.8 Å². The van der Waals surface area contributed by atoms with Gasteiger partial charge in [-0.25, -0.2) is 4.98 Å². The van der Waals surface area contributed by atoms with E-state index in [0.29, 0.717) is 6.54 Å². The maximum atomic E-state index is 11.8. The Bertz CT molecular complexity index is 491. The average molecular weight is 289 g/mol. The first-order chi connectivity index (χ1) is 10.2. The fourth-order valence-electron chi connectivity index (χ4n) is 2.22. The van der Waals surface area contributed by atoms with Crippen molar-refractivity contribution in [1.29, 1.82) is 0 Å². The van der Waals surface area contributed by atoms with E-state index in [1.54, 1.807) is 0 Å². The highest BCUT2D eigenvalue weighted by atomic mass is 16.5. The van der Waals surface area contributed by atoms with Crippen LogP contribution in [0.4, 0.5) is 5.82 Å². The molecule has 0 atom stereocenters. The van der Waals surface area contributed by atoms with Gasteiger partial charge >= 0.3 is 0 Å². The lowest BCUT2D eigenvalue weighted by Gasteiger charge is -2.27. The summed E-state index contributed by atoms with van der Waals surface area (Å²) in [4.78, 5) is 18.5. The summed E-state index contributed by atoms with van der Waals surface area (Å²) < 4.78 is 5.33. The van der Waals surface area contributed by atoms with E-state index in [-0.39, 0.29) is 5.91 Å². The van der Waals surface area contributed by atoms with Crippen molar-refractivity contribution in [3.8, 4) is 0 Å². The predicted octanol–water partition coefficient (Wildman–Crippen LogP) is 1.89. The van der Waals surface area contributed by atoms with Crippen molar-refractivity contribution in [2.24, 2.45) is 0 Å². The van der Waals surface area contributed by atoms with Gasteiger partial charge in [-0.05, 0) is 25.0 Å². The van der Waals surface area contributed by atoms with Crippen LogP contribution in [0.15, 0.2) is 30.0 Å². The Balaban J connectivity index is 1.87. The average Bonchev–Trinajstić information content (AvgIpc) is 2.54. The Hall–Kier alpha value is -1.88. The van der Waals surface area contributed by atoms with Crippen LogP contribution in [0.5, 0.6) is 0 Å². The number of nitrogens with zero attached hydrogens (tertiary/aromatic N) is 2. The molecule has 1 amide bonds. The molecule has 114 valence electrons. The molecule has 21 heavy (non-hydrogen) atoms. The van der Waals surface area contributed by atoms with Crippen LogP contribution in [-0.2, 0) is 16.1 Å². The predicted molar refractivity (Wildman–Crippen MR) is 83.2 cm³/mol. The van der Waals surface area contributed by atoms with Crippen LogP contribution in [-0.4, -0.2) is 37.2 Å². The third kappa shape index (κ3) is 4.56. The van der Waals surface area contributed by atoms with Gasteiger partial charge in [-0.1, -0.05) is 19.1 Å². The van der Waals surface area contributed by atoms with E-state index in [1.165, 1.54) is 0 Å². The Morgan fingerprint density at radius 1 is 1.43 bits per heavy atom. The number of ether oxygens (including phenoxy) is 1. The van der Waals surface area contributed by atoms with Gasteiger partial charge in [0.25, 0.3) is 0 Å². The summed E-state index contributed by atoms with van der Waals surface area (Å²) in [7, 11) is 0. The van der Waals surface area contributed by atoms with E-state index in [1.807, 2.05) is 38.3 Å². The number of allylic oxidation sites excluding steroid dienone is 1. The SMILES string of the molecule is CC/C=C(/C)C(=O)NCc1ccc(N2CCOCC2)nc1. The third-order valence-corrected chi connectivity index (χ3v) is 3.47. The van der Waals surface area contributed by atoms with Crippen molar-refractivity contribution >= 4 is 11.7 Å². The fraction of sp³-hybridized carbons (Fsp3) is 0.500. The number of hydrogen-bond donors (Lipinski definition) is 1. The second-order valence-electron chi connectivity index (χ2n) is 5.10. The van der Waals surface area contributed by atoms with E-state index >= 15 is 0 Å². The molecule has 1 saturated heterocycles. The van der Waals surface area contributed by atoms with Crippen LogP contribution in [0.2, 0.25) is 0 Å². The molecule has 0 saturated carbocycles. The van der Waals surface area contributed by atoms with Crippen LogP contribution < -0.4 is 10.2 Å². The van der Waals surface area contributed by atoms with E-state index in [0.717, 1.165) is 49.7 Å². The first-order valence-electron chi connectivity index (χ1n) is 7.43. The Morgan fingerprint density at radius 2 is 2.19 bits per heavy atom. The van der Waals surface area contributed by atoms with E-state index in [9.17, 15) is 4.79 Å². The van der Waals surface area contributed by atoms with Crippen molar-refractivity contribution < 1.29 is 9.53 Å². The number of aromatic nitrogens is 1. The molecular formula is C16H23N3O2. The van der Waals surface area contributed by atoms with Gasteiger partial charge in [0.2, 0.25) is 5.91 Å². The number of anilines is 1. The molecule has 2 rings (SSSR count). The van der Waals surface area contributed by atoms with Crippen LogP contribution in [0, 0.1) is 0 Å². The number of carbonyl (C=O) groups excluding carboxylic acids is 1. The molecule has 1 aromatic heterocycles. The summed E-state index contributed by atoms with van der Waals surface area (Å²) in [5, 5.41) is 2.90. The third-order valence-electron chi connectivity index (χ3n) is 3.47. The quantitative estimate of drug-likeness (QED) is 0.841. The minimum atomic E-state index is -0.0193. The van der Waals surface area contributed by atoms with E-state index in [4.69, 9.17) is 4.74 Å². The molecule has 5 heteroatoms. The zero-order chi connectivity index (χ0) is 15.1. The number of rotatable bonds is 5. The standard InChI is InChI=1S/C16H23N3O2/c1-3-4-13(2)16(20)18-12-14-5-6-15(17-11-14)19-7-9-21-10-8-19/h4-6,11H,3,7-10,12H2,1-2H3,(H,18,20)/b13-4-. The van der Waals surface area contributed by atoms with Gasteiger partial charge in [-0.15, -0.1) is 0 Å². The molecule has 0 bridgehead atoms. The molecule has 1 aliphatic heterocycles. The smallest absolute Gasteiger partial charge is 0.246 e. The van der Waals surface area contributed by atoms with Crippen molar-refractivity contribution in [2.75, 3.05) is 31.2 Å². The number of hydrogen-bond acceptors (Lipinski definition) is 4. The lowest BCUT2D eigenvalue weighted by Crippen LogP contribution is -2.36. The minimum absolute atomic E-state index is 0.0193. The number of carbonyl (C=O) groups is 1. The zero-order valence-corrected chi connectivity index (χ0v) is 12.8. The molecule has 1 aliphatic rings. The van der Waals surface area contributed by atoms with Crippen LogP contribution >= 0.6 is 0 Å². The van der Waals surface area contributed by atoms with Gasteiger partial charge < -0.3 is 15.0 Å². The Morgan fingerprint density at radius 3 is 2.81 bits per heavy atom. The fourth-order valence-corrected chi connectivity index (χ4v) is 2.22. The number of pyridine rings is 1. The molecule has 0 aliphatic carbocycles. The molecule has 5 nitrogen and oxygen atoms in total. The second kappa shape index (κ2) is 7.78. The van der Waals surface area contributed by atoms with Gasteiger partial charge in [-0.3, -0.25) is 4.79 Å². The van der Waals surface area contributed by atoms with Crippen LogP contribution in [0.25, 0.3) is 0 Å². The molecule has 2 heterocycles. The summed E-state index contributed by atoms with van der Waals surface area (Å²) in [5.41, 5.74) is 1.76. The lowest BCUT2D eigenvalue weighted by molar-refractivity contribution is -0.117. The van der Waals surface area contributed by atoms with Crippen molar-refractivity contribution in [1.82, 2.24) is 10.3 Å². The van der Waals surface area contributed by atoms with Gasteiger partial charge in [0.15, 0.2) is 0 Å². The lowest BCUT2D eigenvalue weighted by atomic mass is 10.2.